The topological polar surface area (TPSA) is 92.8 Å². The van der Waals surface area contributed by atoms with Crippen molar-refractivity contribution < 1.29 is 23.9 Å². The van der Waals surface area contributed by atoms with E-state index in [9.17, 15) is 19.2 Å². The number of carbonyl (C=O) groups excluding carboxylic acids is 4. The molecule has 1 aliphatic heterocycles. The average molecular weight is 372 g/mol. The highest BCUT2D eigenvalue weighted by Crippen LogP contribution is 2.38. The van der Waals surface area contributed by atoms with E-state index in [1.807, 2.05) is 6.07 Å². The van der Waals surface area contributed by atoms with Gasteiger partial charge < -0.3 is 10.1 Å². The van der Waals surface area contributed by atoms with Crippen LogP contribution in [0.1, 0.15) is 39.5 Å². The van der Waals surface area contributed by atoms with Crippen molar-refractivity contribution in [1.82, 2.24) is 4.90 Å². The number of nitrogens with one attached hydrogen (secondary N) is 1. The van der Waals surface area contributed by atoms with Gasteiger partial charge in [-0.1, -0.05) is 31.0 Å². The predicted molar refractivity (Wildman–Crippen MR) is 97.4 cm³/mol. The third-order valence-electron chi connectivity index (χ3n) is 5.31. The van der Waals surface area contributed by atoms with Crippen LogP contribution in [0.4, 0.5) is 5.69 Å². The number of ether oxygens (including phenoxy) is 1. The average Bonchev–Trinajstić information content (AvgIpc) is 2.93. The molecular weight excluding hydrogens is 348 g/mol. The third kappa shape index (κ3) is 3.86. The standard InChI is InChI=1S/C20H24N2O5/c1-12(22-18(24)15-10-6-7-11-16(15)19(22)25)20(26)27-13(2)17(23)21-14-8-4-3-5-9-14/h3-5,8-9,12-13,15-16H,6-7,10-11H2,1-2H3,(H,21,23)/t12-,13-,15-,16+/m1/s1. The number of likely N-dealkylation sites (tertiary alicyclic amines) is 1. The van der Waals surface area contributed by atoms with Crippen LogP contribution in [0.25, 0.3) is 0 Å². The number of fused-ring (bicyclic) bond motifs is 1. The fourth-order valence-electron chi connectivity index (χ4n) is 3.77. The molecule has 0 unspecified atom stereocenters. The number of rotatable bonds is 5. The van der Waals surface area contributed by atoms with Crippen LogP contribution >= 0.6 is 0 Å². The Bertz CT molecular complexity index is 724. The predicted octanol–water partition coefficient (Wildman–Crippen LogP) is 2.12. The van der Waals surface area contributed by atoms with Crippen molar-refractivity contribution in [2.75, 3.05) is 5.32 Å². The van der Waals surface area contributed by atoms with Crippen molar-refractivity contribution in [3.05, 3.63) is 30.3 Å². The van der Waals surface area contributed by atoms with Gasteiger partial charge in [0.25, 0.3) is 5.91 Å². The van der Waals surface area contributed by atoms with Gasteiger partial charge >= 0.3 is 5.97 Å². The Kier molecular flexibility index (Phi) is 5.58. The monoisotopic (exact) mass is 372 g/mol. The summed E-state index contributed by atoms with van der Waals surface area (Å²) in [6.45, 7) is 2.92. The lowest BCUT2D eigenvalue weighted by Gasteiger charge is -2.23. The quantitative estimate of drug-likeness (QED) is 0.631. The van der Waals surface area contributed by atoms with Crippen LogP contribution in [0.5, 0.6) is 0 Å². The lowest BCUT2D eigenvalue weighted by atomic mass is 9.81. The highest BCUT2D eigenvalue weighted by Gasteiger charge is 2.51. The molecular formula is C20H24N2O5. The van der Waals surface area contributed by atoms with Crippen LogP contribution in [-0.2, 0) is 23.9 Å². The molecule has 1 aromatic rings. The van der Waals surface area contributed by atoms with Gasteiger partial charge in [0.05, 0.1) is 11.8 Å². The van der Waals surface area contributed by atoms with Gasteiger partial charge in [-0.05, 0) is 38.8 Å². The molecule has 2 fully saturated rings. The summed E-state index contributed by atoms with van der Waals surface area (Å²) in [7, 11) is 0. The van der Waals surface area contributed by atoms with E-state index in [0.29, 0.717) is 18.5 Å². The van der Waals surface area contributed by atoms with Gasteiger partial charge in [0, 0.05) is 5.69 Å². The smallest absolute Gasteiger partial charge is 0.329 e. The molecule has 1 saturated carbocycles. The zero-order valence-electron chi connectivity index (χ0n) is 15.5. The van der Waals surface area contributed by atoms with E-state index in [1.165, 1.54) is 13.8 Å². The highest BCUT2D eigenvalue weighted by molar-refractivity contribution is 6.08. The van der Waals surface area contributed by atoms with Crippen molar-refractivity contribution in [1.29, 1.82) is 0 Å². The Morgan fingerprint density at radius 1 is 1.04 bits per heavy atom. The molecule has 2 aliphatic rings. The number of hydrogen-bond acceptors (Lipinski definition) is 5. The molecule has 7 heteroatoms. The first-order valence-corrected chi connectivity index (χ1v) is 9.33. The first-order chi connectivity index (χ1) is 12.9. The maximum Gasteiger partial charge on any atom is 0.329 e. The van der Waals surface area contributed by atoms with Crippen LogP contribution in [0.15, 0.2) is 30.3 Å². The normalized spacial score (nSPS) is 24.1. The summed E-state index contributed by atoms with van der Waals surface area (Å²) >= 11 is 0. The van der Waals surface area contributed by atoms with Crippen molar-refractivity contribution in [3.8, 4) is 0 Å². The minimum Gasteiger partial charge on any atom is -0.451 e. The van der Waals surface area contributed by atoms with Crippen molar-refractivity contribution >= 4 is 29.4 Å². The van der Waals surface area contributed by atoms with E-state index < -0.39 is 24.0 Å². The van der Waals surface area contributed by atoms with Gasteiger partial charge in [0.2, 0.25) is 11.8 Å². The second kappa shape index (κ2) is 7.90. The molecule has 27 heavy (non-hydrogen) atoms. The van der Waals surface area contributed by atoms with Crippen LogP contribution in [0, 0.1) is 11.8 Å². The van der Waals surface area contributed by atoms with Gasteiger partial charge in [-0.15, -0.1) is 0 Å². The molecule has 0 radical (unpaired) electrons. The molecule has 4 atom stereocenters. The molecule has 1 aliphatic carbocycles. The van der Waals surface area contributed by atoms with Crippen molar-refractivity contribution in [2.45, 2.75) is 51.7 Å². The first kappa shape index (κ1) is 19.1. The Balaban J connectivity index is 1.61. The lowest BCUT2D eigenvalue weighted by Crippen LogP contribution is -2.46. The number of anilines is 1. The van der Waals surface area contributed by atoms with E-state index in [4.69, 9.17) is 4.74 Å². The number of benzene rings is 1. The fourth-order valence-corrected chi connectivity index (χ4v) is 3.77. The zero-order chi connectivity index (χ0) is 19.6. The molecule has 3 amide bonds. The number of hydrogen-bond donors (Lipinski definition) is 1. The summed E-state index contributed by atoms with van der Waals surface area (Å²) in [4.78, 5) is 50.8. The molecule has 144 valence electrons. The minimum absolute atomic E-state index is 0.296. The fraction of sp³-hybridized carbons (Fsp3) is 0.500. The van der Waals surface area contributed by atoms with E-state index in [-0.39, 0.29) is 23.7 Å². The van der Waals surface area contributed by atoms with Crippen LogP contribution in [-0.4, -0.2) is 40.7 Å². The Hall–Kier alpha value is -2.70. The van der Waals surface area contributed by atoms with Gasteiger partial charge in [-0.3, -0.25) is 19.3 Å². The molecule has 1 N–H and O–H groups in total. The summed E-state index contributed by atoms with van der Waals surface area (Å²) in [5, 5.41) is 2.65. The molecule has 0 spiro atoms. The summed E-state index contributed by atoms with van der Waals surface area (Å²) < 4.78 is 5.21. The maximum atomic E-state index is 12.6. The third-order valence-corrected chi connectivity index (χ3v) is 5.31. The Labute approximate surface area is 158 Å². The summed E-state index contributed by atoms with van der Waals surface area (Å²) in [5.74, 6) is -2.47. The van der Waals surface area contributed by atoms with E-state index >= 15 is 0 Å². The largest absolute Gasteiger partial charge is 0.451 e. The number of imide groups is 1. The molecule has 7 nitrogen and oxygen atoms in total. The van der Waals surface area contributed by atoms with Crippen molar-refractivity contribution in [2.24, 2.45) is 11.8 Å². The van der Waals surface area contributed by atoms with E-state index in [0.717, 1.165) is 17.7 Å². The SMILES string of the molecule is C[C@H](C(=O)O[C@H](C)C(=O)Nc1ccccc1)N1C(=O)[C@H]2CCCC[C@H]2C1=O. The number of amides is 3. The lowest BCUT2D eigenvalue weighted by molar-refractivity contribution is -0.163. The second-order valence-corrected chi connectivity index (χ2v) is 7.15. The minimum atomic E-state index is -1.05. The van der Waals surface area contributed by atoms with E-state index in [1.54, 1.807) is 24.3 Å². The Morgan fingerprint density at radius 2 is 1.59 bits per heavy atom. The van der Waals surface area contributed by atoms with Crippen molar-refractivity contribution in [3.63, 3.8) is 0 Å². The van der Waals surface area contributed by atoms with Crippen LogP contribution in [0.2, 0.25) is 0 Å². The summed E-state index contributed by atoms with van der Waals surface area (Å²) in [6.07, 6.45) is 2.16. The van der Waals surface area contributed by atoms with Gasteiger partial charge in [-0.2, -0.15) is 0 Å². The molecule has 0 bridgehead atoms. The van der Waals surface area contributed by atoms with Crippen LogP contribution in [0.3, 0.4) is 0 Å². The highest BCUT2D eigenvalue weighted by atomic mass is 16.5. The number of carbonyl (C=O) groups is 4. The van der Waals surface area contributed by atoms with Gasteiger partial charge in [0.1, 0.15) is 6.04 Å². The summed E-state index contributed by atoms with van der Waals surface area (Å²) in [5.41, 5.74) is 0.590. The maximum absolute atomic E-state index is 12.6. The molecule has 0 aromatic heterocycles. The first-order valence-electron chi connectivity index (χ1n) is 9.33. The zero-order valence-corrected chi connectivity index (χ0v) is 15.5. The Morgan fingerprint density at radius 3 is 2.15 bits per heavy atom. The molecule has 3 rings (SSSR count). The van der Waals surface area contributed by atoms with Gasteiger partial charge in [0.15, 0.2) is 6.10 Å². The summed E-state index contributed by atoms with van der Waals surface area (Å²) in [6, 6.07) is 7.78. The molecule has 1 heterocycles. The van der Waals surface area contributed by atoms with E-state index in [2.05, 4.69) is 5.32 Å². The number of nitrogens with zero attached hydrogens (tertiary/aromatic N) is 1. The molecule has 1 saturated heterocycles. The van der Waals surface area contributed by atoms with Crippen LogP contribution < -0.4 is 5.32 Å². The molecule has 1 aromatic carbocycles. The second-order valence-electron chi connectivity index (χ2n) is 7.15. The van der Waals surface area contributed by atoms with Gasteiger partial charge in [-0.25, -0.2) is 4.79 Å². The number of esters is 1. The number of para-hydroxylation sites is 1.